The molecule has 2 aliphatic rings. The number of carbonyl (C=O) groups excluding carboxylic acids is 1. The highest BCUT2D eigenvalue weighted by atomic mass is 35.5. The topological polar surface area (TPSA) is 119 Å². The fourth-order valence-electron chi connectivity index (χ4n) is 5.45. The number of hydrogen-bond acceptors (Lipinski definition) is 6. The van der Waals surface area contributed by atoms with Crippen LogP contribution in [-0.4, -0.2) is 30.8 Å². The summed E-state index contributed by atoms with van der Waals surface area (Å²) >= 11 is 5.84. The van der Waals surface area contributed by atoms with Crippen molar-refractivity contribution in [2.75, 3.05) is 11.1 Å². The van der Waals surface area contributed by atoms with Crippen LogP contribution in [0.25, 0.3) is 0 Å². The molecule has 2 unspecified atom stereocenters. The van der Waals surface area contributed by atoms with E-state index in [2.05, 4.69) is 20.4 Å². The number of nitrogens with zero attached hydrogens (tertiary/aromatic N) is 4. The molecule has 2 saturated carbocycles. The van der Waals surface area contributed by atoms with Crippen LogP contribution in [0.2, 0.25) is 5.02 Å². The molecule has 0 saturated heterocycles. The molecule has 2 fully saturated rings. The van der Waals surface area contributed by atoms with E-state index in [9.17, 15) is 14.3 Å². The monoisotopic (exact) mass is 470 g/mol. The number of aliphatic hydroxyl groups is 1. The molecule has 10 heteroatoms. The zero-order chi connectivity index (χ0) is 23.3. The number of aryl methyl sites for hydroxylation is 1. The first kappa shape index (κ1) is 21.8. The first-order chi connectivity index (χ1) is 15.7. The number of nitrogens with one attached hydrogen (secondary N) is 1. The molecule has 0 spiro atoms. The van der Waals surface area contributed by atoms with Gasteiger partial charge in [-0.1, -0.05) is 11.6 Å². The Balaban J connectivity index is 1.36. The van der Waals surface area contributed by atoms with Crippen LogP contribution in [0.4, 0.5) is 15.9 Å². The fourth-order valence-corrected chi connectivity index (χ4v) is 5.63. The number of hydrogen-bond donors (Lipinski definition) is 3. The van der Waals surface area contributed by atoms with Gasteiger partial charge in [0.15, 0.2) is 5.82 Å². The second-order valence-corrected chi connectivity index (χ2v) is 9.46. The van der Waals surface area contributed by atoms with Crippen LogP contribution >= 0.6 is 11.6 Å². The number of aromatic nitrogens is 4. The van der Waals surface area contributed by atoms with Gasteiger partial charge in [-0.3, -0.25) is 9.48 Å². The molecule has 0 bridgehead atoms. The normalized spacial score (nSPS) is 26.4. The smallest absolute Gasteiger partial charge is 0.261 e. The number of fused-ring (bicyclic) bond motifs is 1. The Labute approximate surface area is 195 Å². The number of anilines is 2. The summed E-state index contributed by atoms with van der Waals surface area (Å²) in [6, 6.07) is 5.73. The largest absolute Gasteiger partial charge is 0.383 e. The fraction of sp³-hybridized carbons (Fsp3) is 0.391. The maximum absolute atomic E-state index is 13.5. The summed E-state index contributed by atoms with van der Waals surface area (Å²) in [5, 5.41) is 18.4. The van der Waals surface area contributed by atoms with Crippen molar-refractivity contribution in [3.8, 4) is 0 Å². The highest BCUT2D eigenvalue weighted by Crippen LogP contribution is 2.56. The van der Waals surface area contributed by atoms with Crippen LogP contribution in [0, 0.1) is 17.7 Å². The van der Waals surface area contributed by atoms with Crippen molar-refractivity contribution in [2.45, 2.75) is 37.2 Å². The van der Waals surface area contributed by atoms with Gasteiger partial charge in [-0.25, -0.2) is 14.4 Å². The Hall–Kier alpha value is -3.04. The Morgan fingerprint density at radius 2 is 1.94 bits per heavy atom. The van der Waals surface area contributed by atoms with Gasteiger partial charge in [-0.05, 0) is 61.8 Å². The summed E-state index contributed by atoms with van der Waals surface area (Å²) in [6.45, 7) is 0. The van der Waals surface area contributed by atoms with Crippen molar-refractivity contribution < 1.29 is 14.3 Å². The Morgan fingerprint density at radius 3 is 2.58 bits per heavy atom. The summed E-state index contributed by atoms with van der Waals surface area (Å²) in [7, 11) is 1.70. The predicted molar refractivity (Wildman–Crippen MR) is 121 cm³/mol. The van der Waals surface area contributed by atoms with Crippen molar-refractivity contribution in [1.82, 2.24) is 19.7 Å². The molecule has 4 N–H and O–H groups in total. The van der Waals surface area contributed by atoms with Gasteiger partial charge < -0.3 is 16.2 Å². The number of amides is 1. The van der Waals surface area contributed by atoms with Gasteiger partial charge in [0.25, 0.3) is 5.91 Å². The first-order valence-electron chi connectivity index (χ1n) is 10.8. The molecule has 2 aliphatic carbocycles. The van der Waals surface area contributed by atoms with E-state index in [4.69, 9.17) is 17.3 Å². The van der Waals surface area contributed by atoms with Crippen molar-refractivity contribution in [3.63, 3.8) is 0 Å². The third-order valence-corrected chi connectivity index (χ3v) is 7.22. The van der Waals surface area contributed by atoms with E-state index in [1.54, 1.807) is 25.5 Å². The quantitative estimate of drug-likeness (QED) is 0.535. The van der Waals surface area contributed by atoms with Crippen LogP contribution < -0.4 is 11.1 Å². The standard InChI is InChI=1S/C23H24ClFN6O2/c1-31-20(26)18(21(32)29-15-3-4-17(25)16(24)9-15)19(30-31)12-7-13-10-23(33,11-14(13)8-12)22-27-5-2-6-28-22/h2-6,9,12-14,33H,7-8,10-11,26H2,1H3,(H,29,32). The van der Waals surface area contributed by atoms with Gasteiger partial charge in [-0.15, -0.1) is 0 Å². The third-order valence-electron chi connectivity index (χ3n) is 6.93. The molecule has 5 rings (SSSR count). The van der Waals surface area contributed by atoms with E-state index < -0.39 is 17.3 Å². The number of rotatable bonds is 4. The lowest BCUT2D eigenvalue weighted by Crippen LogP contribution is -2.26. The number of nitrogens with two attached hydrogens (primary N) is 1. The van der Waals surface area contributed by atoms with E-state index in [0.717, 1.165) is 12.8 Å². The van der Waals surface area contributed by atoms with Gasteiger partial charge in [-0.2, -0.15) is 5.10 Å². The molecule has 2 heterocycles. The van der Waals surface area contributed by atoms with E-state index in [-0.39, 0.29) is 28.6 Å². The maximum Gasteiger partial charge on any atom is 0.261 e. The molecule has 172 valence electrons. The average Bonchev–Trinajstić information content (AvgIpc) is 3.41. The lowest BCUT2D eigenvalue weighted by molar-refractivity contribution is 0.0253. The minimum atomic E-state index is -1.02. The van der Waals surface area contributed by atoms with Crippen LogP contribution in [-0.2, 0) is 12.6 Å². The second-order valence-electron chi connectivity index (χ2n) is 9.05. The lowest BCUT2D eigenvalue weighted by Gasteiger charge is -2.22. The number of nitrogen functional groups attached to an aromatic ring is 1. The third kappa shape index (κ3) is 3.85. The summed E-state index contributed by atoms with van der Waals surface area (Å²) in [5.41, 5.74) is 6.53. The highest BCUT2D eigenvalue weighted by molar-refractivity contribution is 6.31. The molecular weight excluding hydrogens is 447 g/mol. The van der Waals surface area contributed by atoms with Crippen LogP contribution in [0.1, 0.15) is 53.5 Å². The summed E-state index contributed by atoms with van der Waals surface area (Å²) in [5.74, 6) is 0.358. The minimum absolute atomic E-state index is 0.0438. The molecule has 1 amide bonds. The molecule has 8 nitrogen and oxygen atoms in total. The van der Waals surface area contributed by atoms with Gasteiger partial charge in [0.05, 0.1) is 10.7 Å². The van der Waals surface area contributed by atoms with Crippen molar-refractivity contribution in [1.29, 1.82) is 0 Å². The predicted octanol–water partition coefficient (Wildman–Crippen LogP) is 3.63. The Bertz CT molecular complexity index is 1200. The van der Waals surface area contributed by atoms with Gasteiger partial charge in [0.1, 0.15) is 22.8 Å². The van der Waals surface area contributed by atoms with E-state index in [1.807, 2.05) is 0 Å². The molecule has 0 radical (unpaired) electrons. The Morgan fingerprint density at radius 1 is 1.27 bits per heavy atom. The first-order valence-corrected chi connectivity index (χ1v) is 11.2. The molecule has 33 heavy (non-hydrogen) atoms. The van der Waals surface area contributed by atoms with Gasteiger partial charge in [0, 0.05) is 31.0 Å². The minimum Gasteiger partial charge on any atom is -0.383 e. The number of benzene rings is 1. The van der Waals surface area contributed by atoms with Crippen molar-refractivity contribution >= 4 is 29.0 Å². The zero-order valence-corrected chi connectivity index (χ0v) is 18.8. The zero-order valence-electron chi connectivity index (χ0n) is 18.0. The SMILES string of the molecule is Cn1nc(C2CC3CC(O)(c4ncccn4)CC3C2)c(C(=O)Nc2ccc(F)c(Cl)c2)c1N. The number of halogens is 2. The molecule has 0 aliphatic heterocycles. The van der Waals surface area contributed by atoms with Gasteiger partial charge >= 0.3 is 0 Å². The summed E-state index contributed by atoms with van der Waals surface area (Å²) < 4.78 is 15.0. The van der Waals surface area contributed by atoms with Crippen LogP contribution in [0.5, 0.6) is 0 Å². The van der Waals surface area contributed by atoms with Crippen LogP contribution in [0.3, 0.4) is 0 Å². The highest BCUT2D eigenvalue weighted by Gasteiger charge is 2.52. The molecule has 2 aromatic heterocycles. The molecule has 1 aromatic carbocycles. The lowest BCUT2D eigenvalue weighted by atomic mass is 9.91. The van der Waals surface area contributed by atoms with Crippen LogP contribution in [0.15, 0.2) is 36.7 Å². The Kier molecular flexibility index (Phi) is 5.33. The van der Waals surface area contributed by atoms with Crippen molar-refractivity contribution in [2.24, 2.45) is 18.9 Å². The molecule has 3 aromatic rings. The second kappa shape index (κ2) is 8.07. The van der Waals surface area contributed by atoms with E-state index in [1.165, 1.54) is 22.9 Å². The number of carbonyl (C=O) groups is 1. The summed E-state index contributed by atoms with van der Waals surface area (Å²) in [4.78, 5) is 21.6. The van der Waals surface area contributed by atoms with Gasteiger partial charge in [0.2, 0.25) is 0 Å². The van der Waals surface area contributed by atoms with Crippen molar-refractivity contribution in [3.05, 3.63) is 64.6 Å². The maximum atomic E-state index is 13.5. The van der Waals surface area contributed by atoms with E-state index >= 15 is 0 Å². The summed E-state index contributed by atoms with van der Waals surface area (Å²) in [6.07, 6.45) is 6.03. The molecular formula is C23H24ClFN6O2. The molecule has 2 atom stereocenters. The van der Waals surface area contributed by atoms with E-state index in [0.29, 0.717) is 35.6 Å². The average molecular weight is 471 g/mol.